The van der Waals surface area contributed by atoms with Gasteiger partial charge >= 0.3 is 0 Å². The predicted molar refractivity (Wildman–Crippen MR) is 65.5 cm³/mol. The predicted octanol–water partition coefficient (Wildman–Crippen LogP) is 3.58. The maximum atomic E-state index is 4.11. The first-order valence-electron chi connectivity index (χ1n) is 5.87. The minimum Gasteiger partial charge on any atom is -0.382 e. The first kappa shape index (κ1) is 10.3. The molecule has 0 spiro atoms. The summed E-state index contributed by atoms with van der Waals surface area (Å²) in [7, 11) is 0. The first-order valence-corrected chi connectivity index (χ1v) is 5.87. The Kier molecular flexibility index (Phi) is 3.44. The molecule has 1 fully saturated rings. The molecule has 0 bridgehead atoms. The Morgan fingerprint density at radius 1 is 1.07 bits per heavy atom. The van der Waals surface area contributed by atoms with Gasteiger partial charge in [0.25, 0.3) is 0 Å². The van der Waals surface area contributed by atoms with E-state index in [1.165, 1.54) is 37.7 Å². The van der Waals surface area contributed by atoms with Crippen LogP contribution in [0.25, 0.3) is 5.70 Å². The lowest BCUT2D eigenvalue weighted by atomic mass is 9.95. The highest BCUT2D eigenvalue weighted by molar-refractivity contribution is 5.61. The smallest absolute Gasteiger partial charge is 0.0342 e. The normalized spacial score (nSPS) is 17.3. The summed E-state index contributed by atoms with van der Waals surface area (Å²) >= 11 is 0. The Labute approximate surface area is 92.2 Å². The Morgan fingerprint density at radius 3 is 2.40 bits per heavy atom. The van der Waals surface area contributed by atoms with E-state index in [-0.39, 0.29) is 0 Å². The second-order valence-corrected chi connectivity index (χ2v) is 4.32. The van der Waals surface area contributed by atoms with Crippen molar-refractivity contribution in [3.05, 3.63) is 42.5 Å². The van der Waals surface area contributed by atoms with Gasteiger partial charge in [-0.25, -0.2) is 0 Å². The van der Waals surface area contributed by atoms with Crippen LogP contribution in [0.2, 0.25) is 0 Å². The van der Waals surface area contributed by atoms with Crippen LogP contribution >= 0.6 is 0 Å². The molecule has 80 valence electrons. The molecule has 0 amide bonds. The monoisotopic (exact) mass is 201 g/mol. The van der Waals surface area contributed by atoms with Crippen LogP contribution in [-0.4, -0.2) is 6.04 Å². The maximum absolute atomic E-state index is 4.11. The zero-order chi connectivity index (χ0) is 10.5. The fourth-order valence-electron chi connectivity index (χ4n) is 2.22. The maximum Gasteiger partial charge on any atom is 0.0342 e. The molecule has 1 N–H and O–H groups in total. The van der Waals surface area contributed by atoms with Crippen molar-refractivity contribution in [2.75, 3.05) is 0 Å². The largest absolute Gasteiger partial charge is 0.382 e. The van der Waals surface area contributed by atoms with E-state index in [4.69, 9.17) is 0 Å². The topological polar surface area (TPSA) is 12.0 Å². The Morgan fingerprint density at radius 2 is 1.73 bits per heavy atom. The third-order valence-corrected chi connectivity index (χ3v) is 3.11. The van der Waals surface area contributed by atoms with Gasteiger partial charge in [0.1, 0.15) is 0 Å². The van der Waals surface area contributed by atoms with E-state index >= 15 is 0 Å². The molecule has 0 heterocycles. The van der Waals surface area contributed by atoms with Gasteiger partial charge in [-0.1, -0.05) is 56.2 Å². The molecule has 1 saturated carbocycles. The molecule has 1 heteroatoms. The summed E-state index contributed by atoms with van der Waals surface area (Å²) in [6.07, 6.45) is 6.72. The van der Waals surface area contributed by atoms with Crippen molar-refractivity contribution in [1.29, 1.82) is 0 Å². The molecule has 1 nitrogen and oxygen atoms in total. The van der Waals surface area contributed by atoms with Crippen LogP contribution in [0.15, 0.2) is 36.9 Å². The van der Waals surface area contributed by atoms with Crippen molar-refractivity contribution in [3.63, 3.8) is 0 Å². The van der Waals surface area contributed by atoms with Crippen LogP contribution < -0.4 is 5.32 Å². The van der Waals surface area contributed by atoms with Crippen molar-refractivity contribution >= 4 is 5.70 Å². The van der Waals surface area contributed by atoms with Gasteiger partial charge < -0.3 is 5.32 Å². The average Bonchev–Trinajstić information content (AvgIpc) is 2.31. The summed E-state index contributed by atoms with van der Waals surface area (Å²) in [6.45, 7) is 4.11. The van der Waals surface area contributed by atoms with Crippen molar-refractivity contribution < 1.29 is 0 Å². The molecule has 0 atom stereocenters. The van der Waals surface area contributed by atoms with E-state index < -0.39 is 0 Å². The summed E-state index contributed by atoms with van der Waals surface area (Å²) in [6, 6.07) is 11.0. The lowest BCUT2D eigenvalue weighted by Crippen LogP contribution is -2.29. The van der Waals surface area contributed by atoms with E-state index in [2.05, 4.69) is 36.2 Å². The van der Waals surface area contributed by atoms with E-state index in [9.17, 15) is 0 Å². The molecular formula is C14H19N. The van der Waals surface area contributed by atoms with Gasteiger partial charge in [-0.15, -0.1) is 0 Å². The molecule has 0 unspecified atom stereocenters. The molecule has 1 aliphatic rings. The van der Waals surface area contributed by atoms with Crippen molar-refractivity contribution in [3.8, 4) is 0 Å². The van der Waals surface area contributed by atoms with E-state index in [0.717, 1.165) is 5.70 Å². The SMILES string of the molecule is C=C(NC1CCCCC1)c1ccccc1. The highest BCUT2D eigenvalue weighted by Crippen LogP contribution is 2.20. The lowest BCUT2D eigenvalue weighted by molar-refractivity contribution is 0.409. The molecule has 1 aromatic carbocycles. The van der Waals surface area contributed by atoms with Crippen LogP contribution in [0.1, 0.15) is 37.7 Å². The third-order valence-electron chi connectivity index (χ3n) is 3.11. The zero-order valence-electron chi connectivity index (χ0n) is 9.21. The first-order chi connectivity index (χ1) is 7.36. The summed E-state index contributed by atoms with van der Waals surface area (Å²) in [5.41, 5.74) is 2.28. The van der Waals surface area contributed by atoms with E-state index in [0.29, 0.717) is 6.04 Å². The molecule has 2 rings (SSSR count). The summed E-state index contributed by atoms with van der Waals surface area (Å²) < 4.78 is 0. The fourth-order valence-corrected chi connectivity index (χ4v) is 2.22. The zero-order valence-corrected chi connectivity index (χ0v) is 9.21. The van der Waals surface area contributed by atoms with Gasteiger partial charge in [-0.05, 0) is 18.4 Å². The number of hydrogen-bond acceptors (Lipinski definition) is 1. The van der Waals surface area contributed by atoms with Crippen molar-refractivity contribution in [2.45, 2.75) is 38.1 Å². The van der Waals surface area contributed by atoms with Crippen LogP contribution in [0.3, 0.4) is 0 Å². The van der Waals surface area contributed by atoms with Crippen LogP contribution in [0, 0.1) is 0 Å². The third kappa shape index (κ3) is 2.85. The number of benzene rings is 1. The second-order valence-electron chi connectivity index (χ2n) is 4.32. The highest BCUT2D eigenvalue weighted by atomic mass is 14.9. The van der Waals surface area contributed by atoms with E-state index in [1.54, 1.807) is 0 Å². The van der Waals surface area contributed by atoms with Gasteiger partial charge in [0.15, 0.2) is 0 Å². The van der Waals surface area contributed by atoms with Gasteiger partial charge in [0, 0.05) is 11.7 Å². The van der Waals surface area contributed by atoms with Crippen LogP contribution in [0.4, 0.5) is 0 Å². The standard InChI is InChI=1S/C14H19N/c1-12(13-8-4-2-5-9-13)15-14-10-6-3-7-11-14/h2,4-5,8-9,14-15H,1,3,6-7,10-11H2. The van der Waals surface area contributed by atoms with Gasteiger partial charge in [0.2, 0.25) is 0 Å². The average molecular weight is 201 g/mol. The Balaban J connectivity index is 1.91. The van der Waals surface area contributed by atoms with Crippen molar-refractivity contribution in [2.24, 2.45) is 0 Å². The molecule has 1 aliphatic carbocycles. The Bertz CT molecular complexity index is 309. The number of rotatable bonds is 3. The molecular weight excluding hydrogens is 182 g/mol. The number of nitrogens with one attached hydrogen (secondary N) is 1. The fraction of sp³-hybridized carbons (Fsp3) is 0.429. The van der Waals surface area contributed by atoms with E-state index in [1.807, 2.05) is 6.07 Å². The van der Waals surface area contributed by atoms with Crippen LogP contribution in [-0.2, 0) is 0 Å². The molecule has 0 saturated heterocycles. The van der Waals surface area contributed by atoms with Gasteiger partial charge in [-0.2, -0.15) is 0 Å². The molecule has 0 aliphatic heterocycles. The van der Waals surface area contributed by atoms with Crippen LogP contribution in [0.5, 0.6) is 0 Å². The lowest BCUT2D eigenvalue weighted by Gasteiger charge is -2.25. The summed E-state index contributed by atoms with van der Waals surface area (Å²) in [5.74, 6) is 0. The Hall–Kier alpha value is -1.24. The van der Waals surface area contributed by atoms with Gasteiger partial charge in [0.05, 0.1) is 0 Å². The molecule has 1 aromatic rings. The minimum absolute atomic E-state index is 0.645. The second kappa shape index (κ2) is 5.01. The molecule has 15 heavy (non-hydrogen) atoms. The summed E-state index contributed by atoms with van der Waals surface area (Å²) in [5, 5.41) is 3.54. The van der Waals surface area contributed by atoms with Gasteiger partial charge in [-0.3, -0.25) is 0 Å². The summed E-state index contributed by atoms with van der Waals surface area (Å²) in [4.78, 5) is 0. The van der Waals surface area contributed by atoms with Crippen molar-refractivity contribution in [1.82, 2.24) is 5.32 Å². The number of hydrogen-bond donors (Lipinski definition) is 1. The minimum atomic E-state index is 0.645. The quantitative estimate of drug-likeness (QED) is 0.788. The molecule has 0 aromatic heterocycles. The highest BCUT2D eigenvalue weighted by Gasteiger charge is 2.13. The molecule has 0 radical (unpaired) electrons.